The standard InChI is InChI=1S/C13H12N4S2/c1-9-7-19-8-11(9)6-17-12(15-16-13(17)18)10-2-4-14-5-3-10/h2-5,7-8H,6H2,1H3,(H,16,18). The molecule has 0 aliphatic carbocycles. The molecule has 0 amide bonds. The molecule has 0 fully saturated rings. The van der Waals surface area contributed by atoms with Crippen LogP contribution < -0.4 is 0 Å². The maximum absolute atomic E-state index is 5.32. The number of nitrogens with zero attached hydrogens (tertiary/aromatic N) is 3. The first kappa shape index (κ1) is 12.3. The zero-order valence-corrected chi connectivity index (χ0v) is 12.0. The normalized spacial score (nSPS) is 10.8. The number of aromatic amines is 1. The van der Waals surface area contributed by atoms with Crippen LogP contribution in [0.2, 0.25) is 0 Å². The number of pyridine rings is 1. The molecule has 3 aromatic rings. The van der Waals surface area contributed by atoms with E-state index in [1.165, 1.54) is 11.1 Å². The lowest BCUT2D eigenvalue weighted by molar-refractivity contribution is 0.788. The average molecular weight is 288 g/mol. The number of thiophene rings is 1. The van der Waals surface area contributed by atoms with Crippen molar-refractivity contribution in [3.63, 3.8) is 0 Å². The van der Waals surface area contributed by atoms with Gasteiger partial charge in [-0.3, -0.25) is 14.6 Å². The van der Waals surface area contributed by atoms with Crippen molar-refractivity contribution in [3.05, 3.63) is 51.2 Å². The summed E-state index contributed by atoms with van der Waals surface area (Å²) in [5, 5.41) is 11.5. The van der Waals surface area contributed by atoms with Crippen LogP contribution in [0.4, 0.5) is 0 Å². The molecule has 0 bridgehead atoms. The first-order valence-corrected chi connectivity index (χ1v) is 7.18. The van der Waals surface area contributed by atoms with Crippen LogP contribution in [0.5, 0.6) is 0 Å². The summed E-state index contributed by atoms with van der Waals surface area (Å²) >= 11 is 7.03. The zero-order chi connectivity index (χ0) is 13.2. The average Bonchev–Trinajstić information content (AvgIpc) is 2.99. The van der Waals surface area contributed by atoms with Crippen LogP contribution in [-0.4, -0.2) is 19.7 Å². The topological polar surface area (TPSA) is 46.5 Å². The highest BCUT2D eigenvalue weighted by atomic mass is 32.1. The second kappa shape index (κ2) is 5.07. The van der Waals surface area contributed by atoms with Gasteiger partial charge in [-0.2, -0.15) is 16.4 Å². The Balaban J connectivity index is 2.05. The summed E-state index contributed by atoms with van der Waals surface area (Å²) < 4.78 is 2.65. The molecule has 96 valence electrons. The summed E-state index contributed by atoms with van der Waals surface area (Å²) in [4.78, 5) is 4.03. The molecule has 4 nitrogen and oxygen atoms in total. The van der Waals surface area contributed by atoms with Gasteiger partial charge >= 0.3 is 0 Å². The number of H-pyrrole nitrogens is 1. The van der Waals surface area contributed by atoms with Crippen molar-refractivity contribution in [2.45, 2.75) is 13.5 Å². The minimum absolute atomic E-state index is 0.636. The predicted molar refractivity (Wildman–Crippen MR) is 78.8 cm³/mol. The van der Waals surface area contributed by atoms with Crippen LogP contribution in [0.1, 0.15) is 11.1 Å². The lowest BCUT2D eigenvalue weighted by Crippen LogP contribution is -2.02. The van der Waals surface area contributed by atoms with E-state index in [9.17, 15) is 0 Å². The fourth-order valence-corrected chi connectivity index (χ4v) is 2.95. The highest BCUT2D eigenvalue weighted by Crippen LogP contribution is 2.20. The maximum atomic E-state index is 5.32. The third-order valence-corrected chi connectivity index (χ3v) is 4.21. The minimum Gasteiger partial charge on any atom is -0.296 e. The van der Waals surface area contributed by atoms with Gasteiger partial charge in [0.2, 0.25) is 0 Å². The van der Waals surface area contributed by atoms with Crippen molar-refractivity contribution in [1.29, 1.82) is 0 Å². The van der Waals surface area contributed by atoms with E-state index >= 15 is 0 Å². The van der Waals surface area contributed by atoms with Crippen LogP contribution in [0.25, 0.3) is 11.4 Å². The molecule has 0 atom stereocenters. The van der Waals surface area contributed by atoms with Gasteiger partial charge in [-0.05, 0) is 53.2 Å². The summed E-state index contributed by atoms with van der Waals surface area (Å²) in [6.07, 6.45) is 3.51. The number of hydrogen-bond acceptors (Lipinski definition) is 4. The number of rotatable bonds is 3. The molecule has 0 saturated carbocycles. The number of aromatic nitrogens is 4. The molecule has 0 aliphatic heterocycles. The number of aryl methyl sites for hydroxylation is 1. The SMILES string of the molecule is Cc1cscc1Cn1c(-c2ccncc2)n[nH]c1=S. The van der Waals surface area contributed by atoms with Gasteiger partial charge in [0.15, 0.2) is 10.6 Å². The minimum atomic E-state index is 0.636. The quantitative estimate of drug-likeness (QED) is 0.751. The van der Waals surface area contributed by atoms with Crippen molar-refractivity contribution < 1.29 is 0 Å². The monoisotopic (exact) mass is 288 g/mol. The first-order valence-electron chi connectivity index (χ1n) is 5.83. The molecule has 19 heavy (non-hydrogen) atoms. The van der Waals surface area contributed by atoms with Gasteiger partial charge < -0.3 is 0 Å². The highest BCUT2D eigenvalue weighted by Gasteiger charge is 2.10. The van der Waals surface area contributed by atoms with E-state index in [0.717, 1.165) is 17.9 Å². The summed E-state index contributed by atoms with van der Waals surface area (Å²) in [5.41, 5.74) is 3.57. The smallest absolute Gasteiger partial charge is 0.195 e. The Morgan fingerprint density at radius 3 is 2.79 bits per heavy atom. The number of hydrogen-bond donors (Lipinski definition) is 1. The van der Waals surface area contributed by atoms with Crippen LogP contribution in [0.3, 0.4) is 0 Å². The molecular formula is C13H12N4S2. The summed E-state index contributed by atoms with van der Waals surface area (Å²) in [5.74, 6) is 0.845. The van der Waals surface area contributed by atoms with Crippen LogP contribution >= 0.6 is 23.6 Å². The lowest BCUT2D eigenvalue weighted by atomic mass is 10.2. The molecule has 0 unspecified atom stereocenters. The molecule has 6 heteroatoms. The molecule has 0 aromatic carbocycles. The van der Waals surface area contributed by atoms with Gasteiger partial charge in [0.1, 0.15) is 0 Å². The Labute approximate surface area is 119 Å². The Hall–Kier alpha value is -1.79. The van der Waals surface area contributed by atoms with Gasteiger partial charge in [0.05, 0.1) is 6.54 Å². The number of nitrogens with one attached hydrogen (secondary N) is 1. The zero-order valence-electron chi connectivity index (χ0n) is 10.3. The molecule has 1 N–H and O–H groups in total. The molecular weight excluding hydrogens is 276 g/mol. The van der Waals surface area contributed by atoms with Gasteiger partial charge in [0, 0.05) is 18.0 Å². The van der Waals surface area contributed by atoms with E-state index in [4.69, 9.17) is 12.2 Å². The Morgan fingerprint density at radius 2 is 2.11 bits per heavy atom. The van der Waals surface area contributed by atoms with Gasteiger partial charge in [-0.15, -0.1) is 0 Å². The molecule has 3 rings (SSSR count). The van der Waals surface area contributed by atoms with E-state index in [-0.39, 0.29) is 0 Å². The van der Waals surface area contributed by atoms with Crippen LogP contribution in [0, 0.1) is 11.7 Å². The van der Waals surface area contributed by atoms with Crippen LogP contribution in [-0.2, 0) is 6.54 Å². The highest BCUT2D eigenvalue weighted by molar-refractivity contribution is 7.71. The molecule has 3 heterocycles. The fraction of sp³-hybridized carbons (Fsp3) is 0.154. The van der Waals surface area contributed by atoms with E-state index in [0.29, 0.717) is 4.77 Å². The van der Waals surface area contributed by atoms with E-state index in [2.05, 4.69) is 32.9 Å². The third kappa shape index (κ3) is 2.36. The summed E-state index contributed by atoms with van der Waals surface area (Å²) in [6, 6.07) is 3.86. The van der Waals surface area contributed by atoms with Crippen molar-refractivity contribution in [1.82, 2.24) is 19.7 Å². The van der Waals surface area contributed by atoms with Gasteiger partial charge in [-0.1, -0.05) is 0 Å². The second-order valence-corrected chi connectivity index (χ2v) is 5.38. The van der Waals surface area contributed by atoms with Crippen molar-refractivity contribution >= 4 is 23.6 Å². The van der Waals surface area contributed by atoms with E-state index in [1.807, 2.05) is 16.7 Å². The first-order chi connectivity index (χ1) is 9.25. The molecule has 0 spiro atoms. The maximum Gasteiger partial charge on any atom is 0.195 e. The van der Waals surface area contributed by atoms with Crippen molar-refractivity contribution in [2.24, 2.45) is 0 Å². The van der Waals surface area contributed by atoms with Crippen LogP contribution in [0.15, 0.2) is 35.3 Å². The predicted octanol–water partition coefficient (Wildman–Crippen LogP) is 3.42. The lowest BCUT2D eigenvalue weighted by Gasteiger charge is -2.06. The summed E-state index contributed by atoms with van der Waals surface area (Å²) in [7, 11) is 0. The third-order valence-electron chi connectivity index (χ3n) is 2.99. The molecule has 3 aromatic heterocycles. The van der Waals surface area contributed by atoms with E-state index < -0.39 is 0 Å². The Morgan fingerprint density at radius 1 is 1.32 bits per heavy atom. The molecule has 0 radical (unpaired) electrons. The molecule has 0 saturated heterocycles. The largest absolute Gasteiger partial charge is 0.296 e. The van der Waals surface area contributed by atoms with Gasteiger partial charge in [-0.25, -0.2) is 0 Å². The van der Waals surface area contributed by atoms with Crippen molar-refractivity contribution in [3.8, 4) is 11.4 Å². The Kier molecular flexibility index (Phi) is 3.27. The van der Waals surface area contributed by atoms with E-state index in [1.54, 1.807) is 23.7 Å². The van der Waals surface area contributed by atoms with Crippen molar-refractivity contribution in [2.75, 3.05) is 0 Å². The van der Waals surface area contributed by atoms with Gasteiger partial charge in [0.25, 0.3) is 0 Å². The second-order valence-electron chi connectivity index (χ2n) is 4.25. The fourth-order valence-electron chi connectivity index (χ4n) is 1.90. The molecule has 0 aliphatic rings. The summed E-state index contributed by atoms with van der Waals surface area (Å²) in [6.45, 7) is 2.85. The Bertz CT molecular complexity index is 739.